The molecule has 1 aromatic rings. The van der Waals surface area contributed by atoms with Crippen molar-refractivity contribution in [2.45, 2.75) is 33.1 Å². The van der Waals surface area contributed by atoms with Crippen LogP contribution in [0.15, 0.2) is 18.2 Å². The minimum absolute atomic E-state index is 0.0921. The Balaban J connectivity index is 2.24. The first-order valence-corrected chi connectivity index (χ1v) is 6.08. The Hall–Kier alpha value is -1.57. The molecule has 17 heavy (non-hydrogen) atoms. The van der Waals surface area contributed by atoms with Crippen molar-refractivity contribution in [3.05, 3.63) is 34.9 Å². The first kappa shape index (κ1) is 10.6. The number of phenolic OH excluding ortho intramolecular Hbond substituents is 1. The average molecular weight is 228 g/mol. The van der Waals surface area contributed by atoms with Gasteiger partial charge in [0.1, 0.15) is 5.75 Å². The van der Waals surface area contributed by atoms with Crippen LogP contribution in [-0.2, 0) is 11.2 Å². The van der Waals surface area contributed by atoms with E-state index in [2.05, 4.69) is 6.92 Å². The highest BCUT2D eigenvalue weighted by Crippen LogP contribution is 2.52. The molecule has 0 fully saturated rings. The predicted octanol–water partition coefficient (Wildman–Crippen LogP) is 3.01. The molecule has 1 atom stereocenters. The minimum Gasteiger partial charge on any atom is -0.508 e. The molecule has 0 saturated carbocycles. The van der Waals surface area contributed by atoms with Gasteiger partial charge >= 0.3 is 0 Å². The zero-order valence-electron chi connectivity index (χ0n) is 10.2. The van der Waals surface area contributed by atoms with Gasteiger partial charge in [0.25, 0.3) is 0 Å². The largest absolute Gasteiger partial charge is 0.508 e. The van der Waals surface area contributed by atoms with Gasteiger partial charge in [-0.05, 0) is 59.6 Å². The summed E-state index contributed by atoms with van der Waals surface area (Å²) in [5.74, 6) is 0.592. The number of rotatable bonds is 0. The lowest BCUT2D eigenvalue weighted by Crippen LogP contribution is -2.21. The maximum Gasteiger partial charge on any atom is 0.156 e. The molecular formula is C15H16O2. The van der Waals surface area contributed by atoms with Crippen LogP contribution in [-0.4, -0.2) is 10.9 Å². The van der Waals surface area contributed by atoms with E-state index in [1.807, 2.05) is 19.1 Å². The van der Waals surface area contributed by atoms with Crippen LogP contribution in [0.1, 0.15) is 36.5 Å². The number of hydrogen-bond donors (Lipinski definition) is 1. The van der Waals surface area contributed by atoms with Crippen LogP contribution in [0.3, 0.4) is 0 Å². The van der Waals surface area contributed by atoms with E-state index < -0.39 is 0 Å². The van der Waals surface area contributed by atoms with Gasteiger partial charge in [-0.25, -0.2) is 0 Å². The van der Waals surface area contributed by atoms with E-state index in [1.165, 1.54) is 11.1 Å². The lowest BCUT2D eigenvalue weighted by Gasteiger charge is -2.29. The summed E-state index contributed by atoms with van der Waals surface area (Å²) in [6, 6.07) is 3.69. The van der Waals surface area contributed by atoms with E-state index in [9.17, 15) is 9.90 Å². The van der Waals surface area contributed by atoms with Crippen LogP contribution in [0, 0.1) is 12.3 Å². The normalized spacial score (nSPS) is 26.5. The van der Waals surface area contributed by atoms with Crippen LogP contribution in [0.25, 0.3) is 5.57 Å². The van der Waals surface area contributed by atoms with Gasteiger partial charge in [-0.3, -0.25) is 4.79 Å². The number of aromatic hydroxyl groups is 1. The number of phenols is 1. The Kier molecular flexibility index (Phi) is 2.00. The summed E-state index contributed by atoms with van der Waals surface area (Å²) in [5.41, 5.74) is 4.61. The topological polar surface area (TPSA) is 37.3 Å². The van der Waals surface area contributed by atoms with Crippen molar-refractivity contribution in [2.75, 3.05) is 0 Å². The van der Waals surface area contributed by atoms with Crippen LogP contribution < -0.4 is 0 Å². The summed E-state index contributed by atoms with van der Waals surface area (Å²) >= 11 is 0. The van der Waals surface area contributed by atoms with Crippen molar-refractivity contribution in [3.8, 4) is 5.75 Å². The molecule has 0 amide bonds. The Morgan fingerprint density at radius 3 is 2.88 bits per heavy atom. The molecule has 1 N–H and O–H groups in total. The number of fused-ring (bicyclic) bond motifs is 3. The standard InChI is InChI=1S/C15H16O2/c1-9-12-8-15(2)6-5-10(16)7-13(15)11(12)3-4-14(9)17/h3-4,7,17H,5-6,8H2,1-2H3. The quantitative estimate of drug-likeness (QED) is 0.741. The smallest absolute Gasteiger partial charge is 0.156 e. The van der Waals surface area contributed by atoms with Gasteiger partial charge in [0.15, 0.2) is 5.78 Å². The molecule has 0 aromatic heterocycles. The average Bonchev–Trinajstić information content (AvgIpc) is 2.58. The van der Waals surface area contributed by atoms with Crippen molar-refractivity contribution >= 4 is 11.4 Å². The zero-order chi connectivity index (χ0) is 12.2. The molecule has 0 bridgehead atoms. The molecule has 2 nitrogen and oxygen atoms in total. The van der Waals surface area contributed by atoms with Crippen molar-refractivity contribution in [1.29, 1.82) is 0 Å². The van der Waals surface area contributed by atoms with Crippen molar-refractivity contribution in [1.82, 2.24) is 0 Å². The van der Waals surface area contributed by atoms with Gasteiger partial charge < -0.3 is 5.11 Å². The molecule has 2 aliphatic rings. The molecule has 3 rings (SSSR count). The number of hydrogen-bond acceptors (Lipinski definition) is 2. The molecule has 2 aliphatic carbocycles. The van der Waals surface area contributed by atoms with Gasteiger partial charge in [-0.15, -0.1) is 0 Å². The molecule has 1 unspecified atom stereocenters. The highest BCUT2D eigenvalue weighted by molar-refractivity contribution is 6.01. The molecule has 0 heterocycles. The molecular weight excluding hydrogens is 212 g/mol. The predicted molar refractivity (Wildman–Crippen MR) is 66.9 cm³/mol. The summed E-state index contributed by atoms with van der Waals surface area (Å²) in [5, 5.41) is 9.77. The fourth-order valence-electron chi connectivity index (χ4n) is 3.14. The minimum atomic E-state index is 0.0921. The fourth-order valence-corrected chi connectivity index (χ4v) is 3.14. The maximum absolute atomic E-state index is 11.6. The van der Waals surface area contributed by atoms with Crippen LogP contribution in [0.4, 0.5) is 0 Å². The molecule has 0 aliphatic heterocycles. The molecule has 0 radical (unpaired) electrons. The van der Waals surface area contributed by atoms with E-state index in [0.29, 0.717) is 12.2 Å². The molecule has 0 saturated heterocycles. The van der Waals surface area contributed by atoms with E-state index in [-0.39, 0.29) is 11.2 Å². The van der Waals surface area contributed by atoms with E-state index in [0.717, 1.165) is 24.0 Å². The molecule has 0 spiro atoms. The van der Waals surface area contributed by atoms with E-state index in [1.54, 1.807) is 6.07 Å². The number of benzene rings is 1. The van der Waals surface area contributed by atoms with Gasteiger partial charge in [-0.2, -0.15) is 0 Å². The second kappa shape index (κ2) is 3.22. The first-order chi connectivity index (χ1) is 8.01. The third-order valence-corrected chi connectivity index (χ3v) is 4.31. The number of carbonyl (C=O) groups is 1. The summed E-state index contributed by atoms with van der Waals surface area (Å²) in [6.45, 7) is 4.18. The third kappa shape index (κ3) is 1.36. The molecule has 1 aromatic carbocycles. The lowest BCUT2D eigenvalue weighted by molar-refractivity contribution is -0.115. The van der Waals surface area contributed by atoms with E-state index >= 15 is 0 Å². The van der Waals surface area contributed by atoms with Gasteiger partial charge in [-0.1, -0.05) is 13.0 Å². The Morgan fingerprint density at radius 2 is 2.12 bits per heavy atom. The molecule has 88 valence electrons. The number of ketones is 1. The number of allylic oxidation sites excluding steroid dienone is 2. The first-order valence-electron chi connectivity index (χ1n) is 6.08. The van der Waals surface area contributed by atoms with E-state index in [4.69, 9.17) is 0 Å². The zero-order valence-corrected chi connectivity index (χ0v) is 10.2. The SMILES string of the molecule is Cc1c(O)ccc2c1CC1(C)CCC(=O)C=C21. The van der Waals surface area contributed by atoms with Crippen molar-refractivity contribution in [2.24, 2.45) is 5.41 Å². The maximum atomic E-state index is 11.6. The summed E-state index contributed by atoms with van der Waals surface area (Å²) in [4.78, 5) is 11.6. The Labute approximate surface area is 101 Å². The summed E-state index contributed by atoms with van der Waals surface area (Å²) < 4.78 is 0. The second-order valence-corrected chi connectivity index (χ2v) is 5.50. The monoisotopic (exact) mass is 228 g/mol. The summed E-state index contributed by atoms with van der Waals surface area (Å²) in [7, 11) is 0. The third-order valence-electron chi connectivity index (χ3n) is 4.31. The summed E-state index contributed by atoms with van der Waals surface area (Å²) in [6.07, 6.45) is 4.33. The second-order valence-electron chi connectivity index (χ2n) is 5.50. The van der Waals surface area contributed by atoms with Gasteiger partial charge in [0.05, 0.1) is 0 Å². The lowest BCUT2D eigenvalue weighted by atomic mass is 9.74. The van der Waals surface area contributed by atoms with Gasteiger partial charge in [0.2, 0.25) is 0 Å². The van der Waals surface area contributed by atoms with Crippen LogP contribution in [0.5, 0.6) is 5.75 Å². The van der Waals surface area contributed by atoms with Gasteiger partial charge in [0, 0.05) is 6.42 Å². The number of carbonyl (C=O) groups excluding carboxylic acids is 1. The van der Waals surface area contributed by atoms with Crippen molar-refractivity contribution < 1.29 is 9.90 Å². The van der Waals surface area contributed by atoms with Crippen LogP contribution in [0.2, 0.25) is 0 Å². The van der Waals surface area contributed by atoms with Crippen molar-refractivity contribution in [3.63, 3.8) is 0 Å². The van der Waals surface area contributed by atoms with Crippen LogP contribution >= 0.6 is 0 Å². The fraction of sp³-hybridized carbons (Fsp3) is 0.400. The molecule has 2 heteroatoms. The highest BCUT2D eigenvalue weighted by Gasteiger charge is 2.41. The Morgan fingerprint density at radius 1 is 1.35 bits per heavy atom. The Bertz CT molecular complexity index is 554. The highest BCUT2D eigenvalue weighted by atomic mass is 16.3.